The summed E-state index contributed by atoms with van der Waals surface area (Å²) in [4.78, 5) is 42.7. The number of nitrogens with zero attached hydrogens (tertiary/aromatic N) is 3. The molecule has 0 aliphatic carbocycles. The summed E-state index contributed by atoms with van der Waals surface area (Å²) in [6.07, 6.45) is -0.676. The maximum Gasteiger partial charge on any atom is 0.268 e. The number of halogens is 2. The zero-order valence-electron chi connectivity index (χ0n) is 16.9. The summed E-state index contributed by atoms with van der Waals surface area (Å²) in [7, 11) is 0. The molecule has 0 N–H and O–H groups in total. The van der Waals surface area contributed by atoms with Crippen LogP contribution in [-0.4, -0.2) is 66.3 Å². The van der Waals surface area contributed by atoms with Crippen molar-refractivity contribution in [1.82, 2.24) is 9.80 Å². The lowest BCUT2D eigenvalue weighted by Gasteiger charge is -2.37. The third kappa shape index (κ3) is 4.20. The minimum atomic E-state index is -0.676. The standard InChI is InChI=1S/C22H21ClFN3O4/c1-14-21(29)27(18-4-2-3-5-19(18)31-14)13-20(28)25-8-10-26(11-9-25)22(30)16-12-15(23)6-7-17(16)24/h2-7,12,14H,8-11,13H2,1H3. The number of para-hydroxylation sites is 2. The van der Waals surface area contributed by atoms with Crippen molar-refractivity contribution in [3.63, 3.8) is 0 Å². The number of ether oxygens (including phenoxy) is 1. The largest absolute Gasteiger partial charge is 0.479 e. The van der Waals surface area contributed by atoms with Crippen LogP contribution in [0.1, 0.15) is 17.3 Å². The molecule has 1 atom stereocenters. The van der Waals surface area contributed by atoms with E-state index in [0.717, 1.165) is 6.07 Å². The molecule has 1 saturated heterocycles. The van der Waals surface area contributed by atoms with Gasteiger partial charge in [-0.05, 0) is 37.3 Å². The highest BCUT2D eigenvalue weighted by molar-refractivity contribution is 6.31. The molecule has 2 aliphatic heterocycles. The molecule has 162 valence electrons. The predicted octanol–water partition coefficient (Wildman–Crippen LogP) is 2.58. The van der Waals surface area contributed by atoms with Gasteiger partial charge in [0, 0.05) is 31.2 Å². The summed E-state index contributed by atoms with van der Waals surface area (Å²) >= 11 is 5.88. The second-order valence-corrected chi connectivity index (χ2v) is 7.89. The van der Waals surface area contributed by atoms with Crippen molar-refractivity contribution in [2.75, 3.05) is 37.6 Å². The molecule has 0 aromatic heterocycles. The highest BCUT2D eigenvalue weighted by atomic mass is 35.5. The predicted molar refractivity (Wildman–Crippen MR) is 113 cm³/mol. The molecule has 0 spiro atoms. The quantitative estimate of drug-likeness (QED) is 0.728. The van der Waals surface area contributed by atoms with Crippen molar-refractivity contribution in [3.8, 4) is 5.75 Å². The van der Waals surface area contributed by atoms with Crippen LogP contribution in [0.4, 0.5) is 10.1 Å². The number of anilines is 1. The van der Waals surface area contributed by atoms with Crippen molar-refractivity contribution in [3.05, 3.63) is 58.9 Å². The van der Waals surface area contributed by atoms with Crippen LogP contribution in [0.25, 0.3) is 0 Å². The van der Waals surface area contributed by atoms with Gasteiger partial charge in [-0.3, -0.25) is 19.3 Å². The van der Waals surface area contributed by atoms with E-state index in [9.17, 15) is 18.8 Å². The topological polar surface area (TPSA) is 70.2 Å². The number of benzene rings is 2. The van der Waals surface area contributed by atoms with E-state index in [1.54, 1.807) is 36.1 Å². The highest BCUT2D eigenvalue weighted by Crippen LogP contribution is 2.33. The Hall–Kier alpha value is -3.13. The normalized spacial score (nSPS) is 18.5. The van der Waals surface area contributed by atoms with Gasteiger partial charge in [-0.2, -0.15) is 0 Å². The van der Waals surface area contributed by atoms with Gasteiger partial charge >= 0.3 is 0 Å². The number of amides is 3. The monoisotopic (exact) mass is 445 g/mol. The Labute approximate surface area is 183 Å². The zero-order chi connectivity index (χ0) is 22.1. The van der Waals surface area contributed by atoms with E-state index in [2.05, 4.69) is 0 Å². The molecular formula is C22H21ClFN3O4. The van der Waals surface area contributed by atoms with Gasteiger partial charge < -0.3 is 14.5 Å². The number of hydrogen-bond acceptors (Lipinski definition) is 4. The Balaban J connectivity index is 1.40. The maximum atomic E-state index is 14.0. The lowest BCUT2D eigenvalue weighted by atomic mass is 10.1. The Morgan fingerprint density at radius 2 is 1.77 bits per heavy atom. The van der Waals surface area contributed by atoms with Gasteiger partial charge in [0.1, 0.15) is 18.1 Å². The van der Waals surface area contributed by atoms with Gasteiger partial charge in [0.05, 0.1) is 11.3 Å². The first kappa shape index (κ1) is 21.1. The average molecular weight is 446 g/mol. The SMILES string of the molecule is CC1Oc2ccccc2N(CC(=O)N2CCN(C(=O)c3cc(Cl)ccc3F)CC2)C1=O. The second-order valence-electron chi connectivity index (χ2n) is 7.45. The first-order valence-electron chi connectivity index (χ1n) is 9.94. The van der Waals surface area contributed by atoms with Crippen LogP contribution in [0.2, 0.25) is 5.02 Å². The average Bonchev–Trinajstić information content (AvgIpc) is 2.78. The summed E-state index contributed by atoms with van der Waals surface area (Å²) in [5, 5.41) is 0.281. The van der Waals surface area contributed by atoms with Gasteiger partial charge in [0.15, 0.2) is 6.10 Å². The fourth-order valence-electron chi connectivity index (χ4n) is 3.75. The molecule has 1 unspecified atom stereocenters. The van der Waals surface area contributed by atoms with Crippen LogP contribution in [0.5, 0.6) is 5.75 Å². The second kappa shape index (κ2) is 8.55. The van der Waals surface area contributed by atoms with E-state index in [4.69, 9.17) is 16.3 Å². The van der Waals surface area contributed by atoms with Crippen LogP contribution in [0, 0.1) is 5.82 Å². The first-order chi connectivity index (χ1) is 14.8. The van der Waals surface area contributed by atoms with E-state index < -0.39 is 17.8 Å². The smallest absolute Gasteiger partial charge is 0.268 e. The van der Waals surface area contributed by atoms with Gasteiger partial charge in [-0.1, -0.05) is 23.7 Å². The Kier molecular flexibility index (Phi) is 5.82. The van der Waals surface area contributed by atoms with Gasteiger partial charge in [0.2, 0.25) is 5.91 Å². The van der Waals surface area contributed by atoms with Gasteiger partial charge in [-0.15, -0.1) is 0 Å². The molecule has 2 aliphatic rings. The summed E-state index contributed by atoms with van der Waals surface area (Å²) in [5.74, 6) is -1.04. The summed E-state index contributed by atoms with van der Waals surface area (Å²) in [6, 6.07) is 10.9. The van der Waals surface area contributed by atoms with Crippen molar-refractivity contribution >= 4 is 35.0 Å². The van der Waals surface area contributed by atoms with E-state index in [-0.39, 0.29) is 42.0 Å². The lowest BCUT2D eigenvalue weighted by Crippen LogP contribution is -2.54. The van der Waals surface area contributed by atoms with Crippen molar-refractivity contribution in [1.29, 1.82) is 0 Å². The third-order valence-electron chi connectivity index (χ3n) is 5.45. The summed E-state index contributed by atoms with van der Waals surface area (Å²) in [5.41, 5.74) is 0.473. The van der Waals surface area contributed by atoms with Crippen LogP contribution < -0.4 is 9.64 Å². The number of fused-ring (bicyclic) bond motifs is 1. The van der Waals surface area contributed by atoms with Crippen LogP contribution >= 0.6 is 11.6 Å². The van der Waals surface area contributed by atoms with Crippen LogP contribution in [0.3, 0.4) is 0 Å². The number of rotatable bonds is 3. The highest BCUT2D eigenvalue weighted by Gasteiger charge is 2.34. The molecule has 0 saturated carbocycles. The van der Waals surface area contributed by atoms with Crippen LogP contribution in [-0.2, 0) is 9.59 Å². The molecule has 2 aromatic carbocycles. The first-order valence-corrected chi connectivity index (χ1v) is 10.3. The molecule has 3 amide bonds. The Morgan fingerprint density at radius 3 is 2.52 bits per heavy atom. The molecule has 2 heterocycles. The molecule has 9 heteroatoms. The molecule has 1 fully saturated rings. The zero-order valence-corrected chi connectivity index (χ0v) is 17.6. The van der Waals surface area contributed by atoms with Crippen LogP contribution in [0.15, 0.2) is 42.5 Å². The van der Waals surface area contributed by atoms with Crippen molar-refractivity contribution in [2.24, 2.45) is 0 Å². The number of carbonyl (C=O) groups excluding carboxylic acids is 3. The fraction of sp³-hybridized carbons (Fsp3) is 0.318. The number of hydrogen-bond donors (Lipinski definition) is 0. The lowest BCUT2D eigenvalue weighted by molar-refractivity contribution is -0.134. The third-order valence-corrected chi connectivity index (χ3v) is 5.68. The number of piperazine rings is 1. The summed E-state index contributed by atoms with van der Waals surface area (Å²) < 4.78 is 19.6. The molecule has 0 bridgehead atoms. The van der Waals surface area contributed by atoms with E-state index in [0.29, 0.717) is 24.5 Å². The Bertz CT molecular complexity index is 1040. The van der Waals surface area contributed by atoms with Crippen molar-refractivity contribution in [2.45, 2.75) is 13.0 Å². The van der Waals surface area contributed by atoms with E-state index >= 15 is 0 Å². The number of carbonyl (C=O) groups is 3. The molecule has 7 nitrogen and oxygen atoms in total. The minimum Gasteiger partial charge on any atom is -0.479 e. The minimum absolute atomic E-state index is 0.0863. The summed E-state index contributed by atoms with van der Waals surface area (Å²) in [6.45, 7) is 2.65. The van der Waals surface area contributed by atoms with E-state index in [1.165, 1.54) is 21.9 Å². The van der Waals surface area contributed by atoms with Crippen molar-refractivity contribution < 1.29 is 23.5 Å². The van der Waals surface area contributed by atoms with Gasteiger partial charge in [-0.25, -0.2) is 4.39 Å². The molecular weight excluding hydrogens is 425 g/mol. The van der Waals surface area contributed by atoms with Gasteiger partial charge in [0.25, 0.3) is 11.8 Å². The fourth-order valence-corrected chi connectivity index (χ4v) is 3.92. The molecule has 31 heavy (non-hydrogen) atoms. The molecule has 0 radical (unpaired) electrons. The van der Waals surface area contributed by atoms with E-state index in [1.807, 2.05) is 0 Å². The molecule has 4 rings (SSSR count). The Morgan fingerprint density at radius 1 is 1.10 bits per heavy atom. The maximum absolute atomic E-state index is 14.0. The molecule has 2 aromatic rings.